The first kappa shape index (κ1) is 37.8. The van der Waals surface area contributed by atoms with Crippen LogP contribution in [0.1, 0.15) is 11.1 Å². The van der Waals surface area contributed by atoms with Crippen molar-refractivity contribution >= 4 is 99.9 Å². The average molecular weight is 1100 g/mol. The summed E-state index contributed by atoms with van der Waals surface area (Å²) in [5.74, 6) is 1.27. The Morgan fingerprint density at radius 3 is 1.53 bits per heavy atom. The standard InChI is InChI=1S/C32H18Br4N3.C8H11P.Au/c33-23-9-1-19(2-10-23)27-17-29(21-5-13-25(35)14-6-21)37-31(27)39-32-28(20-3-11-24(34)12-4-20)18-30(38-32)22-7-15-26(36)16-8-22;1-9(2)8-6-4-3-5-7-8;/h1-18H;3-7H,1-2H3;/q-1;;+1/p+1/b39-31-;;. The Kier molecular flexibility index (Phi) is 13.6. The van der Waals surface area contributed by atoms with E-state index in [-0.39, 0.29) is 30.3 Å². The molecule has 0 amide bonds. The van der Waals surface area contributed by atoms with E-state index in [4.69, 9.17) is 15.0 Å². The Bertz CT molecular complexity index is 2110. The molecule has 0 unspecified atom stereocenters. The fourth-order valence-electron chi connectivity index (χ4n) is 5.08. The normalized spacial score (nSPS) is 13.0. The summed E-state index contributed by atoms with van der Waals surface area (Å²) in [6.07, 6.45) is 2.10. The molecule has 7 rings (SSSR count). The molecule has 9 heteroatoms. The zero-order chi connectivity index (χ0) is 33.6. The van der Waals surface area contributed by atoms with Crippen molar-refractivity contribution in [1.82, 2.24) is 4.98 Å². The van der Waals surface area contributed by atoms with Crippen LogP contribution in [0.25, 0.3) is 28.0 Å². The number of amidine groups is 1. The van der Waals surface area contributed by atoms with Gasteiger partial charge in [0.1, 0.15) is 0 Å². The van der Waals surface area contributed by atoms with Crippen LogP contribution >= 0.6 is 71.6 Å². The third-order valence-electron chi connectivity index (χ3n) is 7.65. The van der Waals surface area contributed by atoms with Crippen molar-refractivity contribution in [3.8, 4) is 22.4 Å². The van der Waals surface area contributed by atoms with Crippen molar-refractivity contribution in [3.05, 3.63) is 169 Å². The summed E-state index contributed by atoms with van der Waals surface area (Å²) in [6, 6.07) is 45.5. The van der Waals surface area contributed by atoms with Crippen molar-refractivity contribution in [1.29, 1.82) is 0 Å². The minimum absolute atomic E-state index is 0. The van der Waals surface area contributed by atoms with Crippen LogP contribution in [0.3, 0.4) is 0 Å². The van der Waals surface area contributed by atoms with Crippen molar-refractivity contribution in [2.75, 3.05) is 13.3 Å². The van der Waals surface area contributed by atoms with E-state index in [0.29, 0.717) is 11.7 Å². The predicted molar refractivity (Wildman–Crippen MR) is 222 cm³/mol. The molecule has 0 saturated carbocycles. The fourth-order valence-corrected chi connectivity index (χ4v) is 7.00. The topological polar surface area (TPSA) is 38.8 Å². The van der Waals surface area contributed by atoms with E-state index in [9.17, 15) is 0 Å². The zero-order valence-corrected chi connectivity index (χ0v) is 35.9. The second kappa shape index (κ2) is 17.7. The van der Waals surface area contributed by atoms with Gasteiger partial charge in [0.15, 0.2) is 0 Å². The molecule has 248 valence electrons. The molecule has 49 heavy (non-hydrogen) atoms. The maximum Gasteiger partial charge on any atom is 1.00 e. The molecule has 0 aliphatic carbocycles. The Morgan fingerprint density at radius 2 is 1.04 bits per heavy atom. The summed E-state index contributed by atoms with van der Waals surface area (Å²) in [4.78, 5) is 15.1. The maximum atomic E-state index is 5.10. The van der Waals surface area contributed by atoms with Crippen LogP contribution < -0.4 is 10.3 Å². The van der Waals surface area contributed by atoms with Crippen molar-refractivity contribution in [3.63, 3.8) is 0 Å². The minimum atomic E-state index is -0.212. The third kappa shape index (κ3) is 9.87. The number of nitrogens with zero attached hydrogens (tertiary/aromatic N) is 3. The number of benzene rings is 5. The number of allylic oxidation sites excluding steroid dienone is 1. The summed E-state index contributed by atoms with van der Waals surface area (Å²) in [6.45, 7) is 4.61. The van der Waals surface area contributed by atoms with E-state index >= 15 is 0 Å². The Balaban J connectivity index is 0.000000409. The van der Waals surface area contributed by atoms with Gasteiger partial charge in [0.25, 0.3) is 0 Å². The first-order valence-electron chi connectivity index (χ1n) is 15.2. The molecule has 1 aromatic heterocycles. The molecule has 0 spiro atoms. The van der Waals surface area contributed by atoms with E-state index in [1.807, 2.05) is 48.5 Å². The summed E-state index contributed by atoms with van der Waals surface area (Å²) in [5, 5.41) is 1.52. The van der Waals surface area contributed by atoms with Gasteiger partial charge in [0.05, 0.1) is 30.2 Å². The number of rotatable bonds is 6. The fraction of sp³-hybridized carbons (Fsp3) is 0.0500. The van der Waals surface area contributed by atoms with Crippen LogP contribution in [0.2, 0.25) is 0 Å². The zero-order valence-electron chi connectivity index (χ0n) is 26.4. The molecule has 0 saturated heterocycles. The van der Waals surface area contributed by atoms with Gasteiger partial charge in [-0.2, -0.15) is 0 Å². The maximum absolute atomic E-state index is 5.10. The van der Waals surface area contributed by atoms with Crippen molar-refractivity contribution < 1.29 is 22.4 Å². The monoisotopic (exact) mass is 1100 g/mol. The van der Waals surface area contributed by atoms with E-state index in [1.165, 1.54) is 5.30 Å². The Hall–Kier alpha value is -2.45. The molecule has 0 radical (unpaired) electrons. The number of aliphatic imine (C=N–C) groups is 2. The molecule has 0 fully saturated rings. The molecule has 6 aromatic rings. The number of aromatic nitrogens is 1. The molecular formula is C40H30AuBr4N3P+. The van der Waals surface area contributed by atoms with Gasteiger partial charge in [0.2, 0.25) is 0 Å². The van der Waals surface area contributed by atoms with E-state index in [1.54, 1.807) is 0 Å². The van der Waals surface area contributed by atoms with Gasteiger partial charge in [-0.1, -0.05) is 137 Å². The molecule has 0 bridgehead atoms. The van der Waals surface area contributed by atoms with Gasteiger partial charge in [-0.05, 0) is 101 Å². The third-order valence-corrected chi connectivity index (χ3v) is 11.3. The Morgan fingerprint density at radius 1 is 0.571 bits per heavy atom. The number of hydrogen-bond acceptors (Lipinski definition) is 1. The van der Waals surface area contributed by atoms with Crippen molar-refractivity contribution in [2.45, 2.75) is 0 Å². The minimum Gasteiger partial charge on any atom is -0.435 e. The predicted octanol–water partition coefficient (Wildman–Crippen LogP) is 12.4. The summed E-state index contributed by atoms with van der Waals surface area (Å²) < 4.78 is 4.09. The molecule has 5 aromatic carbocycles. The smallest absolute Gasteiger partial charge is 0.435 e. The van der Waals surface area contributed by atoms with Gasteiger partial charge in [-0.25, -0.2) is 0 Å². The first-order valence-corrected chi connectivity index (χ1v) is 20.9. The SMILES string of the molecule is Brc1ccc(C2=CC(c3ccc(Br)cc3)=N/C2=N\c2[n-]c(-c3ccc(Br)cc3)cc2-c2ccc(Br)cc2)cc1.C[PH+](C)c1ccccc1.[Au+]. The average Bonchev–Trinajstić information content (AvgIpc) is 3.72. The summed E-state index contributed by atoms with van der Waals surface area (Å²) in [5.41, 5.74) is 7.77. The molecule has 1 aliphatic heterocycles. The van der Waals surface area contributed by atoms with Crippen LogP contribution in [-0.2, 0) is 22.4 Å². The van der Waals surface area contributed by atoms with Crippen molar-refractivity contribution in [2.24, 2.45) is 9.98 Å². The molecule has 2 heterocycles. The van der Waals surface area contributed by atoms with Gasteiger partial charge >= 0.3 is 22.4 Å². The first-order chi connectivity index (χ1) is 23.2. The summed E-state index contributed by atoms with van der Waals surface area (Å²) in [7, 11) is -0.212. The molecule has 0 atom stereocenters. The number of halogens is 4. The van der Waals surface area contributed by atoms with Gasteiger partial charge in [0, 0.05) is 36.9 Å². The van der Waals surface area contributed by atoms with Gasteiger partial charge < -0.3 is 9.98 Å². The second-order valence-electron chi connectivity index (χ2n) is 11.3. The molecule has 3 nitrogen and oxygen atoms in total. The van der Waals surface area contributed by atoms with Gasteiger partial charge in [-0.3, -0.25) is 4.99 Å². The molecule has 0 N–H and O–H groups in total. The quantitative estimate of drug-likeness (QED) is 0.121. The van der Waals surface area contributed by atoms with Crippen LogP contribution in [0.15, 0.2) is 167 Å². The van der Waals surface area contributed by atoms with Crippen LogP contribution in [0.5, 0.6) is 0 Å². The second-order valence-corrected chi connectivity index (χ2v) is 17.5. The van der Waals surface area contributed by atoms with E-state index in [2.05, 4.69) is 168 Å². The molecule has 1 aliphatic rings. The van der Waals surface area contributed by atoms with Crippen LogP contribution in [-0.4, -0.2) is 24.9 Å². The Labute approximate surface area is 338 Å². The van der Waals surface area contributed by atoms with E-state index in [0.717, 1.165) is 62.7 Å². The van der Waals surface area contributed by atoms with E-state index < -0.39 is 0 Å². The summed E-state index contributed by atoms with van der Waals surface area (Å²) >= 11 is 14.2. The molecular weight excluding hydrogens is 1070 g/mol. The number of hydrogen-bond donors (Lipinski definition) is 0. The van der Waals surface area contributed by atoms with Crippen LogP contribution in [0, 0.1) is 0 Å². The largest absolute Gasteiger partial charge is 1.00 e. The van der Waals surface area contributed by atoms with Gasteiger partial charge in [-0.15, -0.1) is 0 Å². The van der Waals surface area contributed by atoms with Crippen LogP contribution in [0.4, 0.5) is 5.82 Å².